The predicted molar refractivity (Wildman–Crippen MR) is 128 cm³/mol. The fourth-order valence-corrected chi connectivity index (χ4v) is 5.34. The molecule has 7 nitrogen and oxygen atoms in total. The van der Waals surface area contributed by atoms with E-state index in [2.05, 4.69) is 14.9 Å². The number of halogens is 1. The van der Waals surface area contributed by atoms with Gasteiger partial charge in [-0.25, -0.2) is 14.4 Å². The number of nitrogens with zero attached hydrogens (tertiary/aromatic N) is 4. The molecule has 0 aliphatic carbocycles. The molecule has 9 heteroatoms. The van der Waals surface area contributed by atoms with Gasteiger partial charge in [0.05, 0.1) is 5.39 Å². The van der Waals surface area contributed by atoms with Crippen LogP contribution in [-0.2, 0) is 4.79 Å². The Morgan fingerprint density at radius 2 is 1.76 bits per heavy atom. The van der Waals surface area contributed by atoms with Gasteiger partial charge in [0.25, 0.3) is 5.91 Å². The molecule has 2 aliphatic rings. The second-order valence-corrected chi connectivity index (χ2v) is 9.07. The van der Waals surface area contributed by atoms with Crippen LogP contribution in [0.4, 0.5) is 10.2 Å². The Kier molecular flexibility index (Phi) is 5.26. The summed E-state index contributed by atoms with van der Waals surface area (Å²) in [7, 11) is 0. The lowest BCUT2D eigenvalue weighted by molar-refractivity contribution is -0.141. The molecule has 0 radical (unpaired) electrons. The Balaban J connectivity index is 1.19. The molecule has 1 saturated heterocycles. The zero-order valence-corrected chi connectivity index (χ0v) is 19.0. The van der Waals surface area contributed by atoms with Crippen LogP contribution < -0.4 is 14.4 Å². The minimum atomic E-state index is -0.644. The van der Waals surface area contributed by atoms with E-state index >= 15 is 0 Å². The Morgan fingerprint density at radius 1 is 1.00 bits per heavy atom. The molecule has 0 spiro atoms. The van der Waals surface area contributed by atoms with E-state index in [1.54, 1.807) is 29.8 Å². The quantitative estimate of drug-likeness (QED) is 0.446. The molecule has 172 valence electrons. The summed E-state index contributed by atoms with van der Waals surface area (Å²) in [5, 5.41) is 2.99. The summed E-state index contributed by atoms with van der Waals surface area (Å²) in [6.45, 7) is 2.60. The molecule has 0 bridgehead atoms. The molecule has 0 N–H and O–H groups in total. The van der Waals surface area contributed by atoms with Gasteiger partial charge in [-0.15, -0.1) is 11.3 Å². The summed E-state index contributed by atoms with van der Waals surface area (Å²) in [4.78, 5) is 27.0. The van der Waals surface area contributed by atoms with E-state index in [0.29, 0.717) is 37.7 Å². The standard InChI is InChI=1S/C25H21FN4O3S/c26-17-7-5-16(6-8-17)18-14-34-24-22(18)23(27-15-28-24)29-9-11-30(12-10-29)25(31)21-13-32-19-3-1-2-4-20(19)33-21/h1-8,14-15,21H,9-13H2/t21-/m1/s1. The van der Waals surface area contributed by atoms with Crippen LogP contribution in [0.1, 0.15) is 0 Å². The number of ether oxygens (including phenoxy) is 2. The highest BCUT2D eigenvalue weighted by Crippen LogP contribution is 2.38. The summed E-state index contributed by atoms with van der Waals surface area (Å²) in [5.41, 5.74) is 1.91. The van der Waals surface area contributed by atoms with E-state index in [-0.39, 0.29) is 18.3 Å². The van der Waals surface area contributed by atoms with Crippen LogP contribution in [0.2, 0.25) is 0 Å². The van der Waals surface area contributed by atoms with Crippen molar-refractivity contribution in [1.29, 1.82) is 0 Å². The minimum Gasteiger partial charge on any atom is -0.485 e. The second-order valence-electron chi connectivity index (χ2n) is 8.21. The molecule has 0 unspecified atom stereocenters. The van der Waals surface area contributed by atoms with Crippen molar-refractivity contribution in [2.75, 3.05) is 37.7 Å². The Hall–Kier alpha value is -3.72. The highest BCUT2D eigenvalue weighted by atomic mass is 32.1. The van der Waals surface area contributed by atoms with Gasteiger partial charge in [-0.1, -0.05) is 24.3 Å². The number of carbonyl (C=O) groups excluding carboxylic acids is 1. The number of carbonyl (C=O) groups is 1. The molecule has 4 heterocycles. The molecule has 0 saturated carbocycles. The van der Waals surface area contributed by atoms with Gasteiger partial charge in [0.1, 0.15) is 29.4 Å². The smallest absolute Gasteiger partial charge is 0.267 e. The van der Waals surface area contributed by atoms with Gasteiger partial charge in [-0.3, -0.25) is 4.79 Å². The maximum atomic E-state index is 13.4. The van der Waals surface area contributed by atoms with Crippen LogP contribution in [0.3, 0.4) is 0 Å². The Labute approximate surface area is 199 Å². The number of aromatic nitrogens is 2. The van der Waals surface area contributed by atoms with E-state index in [1.165, 1.54) is 12.1 Å². The Bertz CT molecular complexity index is 1350. The predicted octanol–water partition coefficient (Wildman–Crippen LogP) is 3.99. The van der Waals surface area contributed by atoms with Crippen molar-refractivity contribution >= 4 is 33.3 Å². The van der Waals surface area contributed by atoms with Gasteiger partial charge < -0.3 is 19.3 Å². The van der Waals surface area contributed by atoms with Crippen LogP contribution in [0.5, 0.6) is 11.5 Å². The second kappa shape index (κ2) is 8.57. The first kappa shape index (κ1) is 20.9. The molecule has 1 amide bonds. The molecule has 2 aromatic heterocycles. The van der Waals surface area contributed by atoms with Crippen molar-refractivity contribution < 1.29 is 18.7 Å². The zero-order valence-electron chi connectivity index (χ0n) is 18.2. The van der Waals surface area contributed by atoms with Gasteiger partial charge >= 0.3 is 0 Å². The topological polar surface area (TPSA) is 67.8 Å². The van der Waals surface area contributed by atoms with E-state index < -0.39 is 6.10 Å². The molecule has 2 aliphatic heterocycles. The first-order valence-electron chi connectivity index (χ1n) is 11.1. The van der Waals surface area contributed by atoms with Gasteiger partial charge in [0.2, 0.25) is 6.10 Å². The molecule has 1 fully saturated rings. The van der Waals surface area contributed by atoms with E-state index in [4.69, 9.17) is 9.47 Å². The largest absolute Gasteiger partial charge is 0.485 e. The lowest BCUT2D eigenvalue weighted by Gasteiger charge is -2.37. The molecule has 6 rings (SSSR count). The van der Waals surface area contributed by atoms with E-state index in [1.807, 2.05) is 34.5 Å². The minimum absolute atomic E-state index is 0.0653. The highest BCUT2D eigenvalue weighted by molar-refractivity contribution is 7.17. The number of piperazine rings is 1. The molecular weight excluding hydrogens is 455 g/mol. The maximum Gasteiger partial charge on any atom is 0.267 e. The average molecular weight is 477 g/mol. The molecular formula is C25H21FN4O3S. The van der Waals surface area contributed by atoms with E-state index in [0.717, 1.165) is 27.2 Å². The lowest BCUT2D eigenvalue weighted by atomic mass is 10.1. The SMILES string of the molecule is O=C([C@H]1COc2ccccc2O1)N1CCN(c2ncnc3scc(-c4ccc(F)cc4)c23)CC1. The number of rotatable bonds is 3. The normalized spacial score (nSPS) is 17.7. The van der Waals surface area contributed by atoms with Crippen LogP contribution in [0.25, 0.3) is 21.3 Å². The van der Waals surface area contributed by atoms with Crippen molar-refractivity contribution in [2.45, 2.75) is 6.10 Å². The van der Waals surface area contributed by atoms with Crippen LogP contribution >= 0.6 is 11.3 Å². The Morgan fingerprint density at radius 3 is 2.56 bits per heavy atom. The number of hydrogen-bond donors (Lipinski definition) is 0. The first-order chi connectivity index (χ1) is 16.7. The summed E-state index contributed by atoms with van der Waals surface area (Å²) in [6, 6.07) is 13.9. The van der Waals surface area contributed by atoms with Crippen molar-refractivity contribution in [1.82, 2.24) is 14.9 Å². The number of para-hydroxylation sites is 2. The summed E-state index contributed by atoms with van der Waals surface area (Å²) < 4.78 is 25.1. The third-order valence-electron chi connectivity index (χ3n) is 6.18. The first-order valence-corrected chi connectivity index (χ1v) is 12.0. The monoisotopic (exact) mass is 476 g/mol. The lowest BCUT2D eigenvalue weighted by Crippen LogP contribution is -2.54. The van der Waals surface area contributed by atoms with Crippen molar-refractivity contribution in [3.05, 3.63) is 66.1 Å². The number of amides is 1. The van der Waals surface area contributed by atoms with Crippen molar-refractivity contribution in [3.8, 4) is 22.6 Å². The van der Waals surface area contributed by atoms with Gasteiger partial charge in [-0.2, -0.15) is 0 Å². The number of benzene rings is 2. The van der Waals surface area contributed by atoms with Gasteiger partial charge in [-0.05, 0) is 29.8 Å². The van der Waals surface area contributed by atoms with Crippen molar-refractivity contribution in [3.63, 3.8) is 0 Å². The summed E-state index contributed by atoms with van der Waals surface area (Å²) in [5.74, 6) is 1.77. The number of thiophene rings is 1. The van der Waals surface area contributed by atoms with Crippen LogP contribution in [0.15, 0.2) is 60.2 Å². The molecule has 34 heavy (non-hydrogen) atoms. The summed E-state index contributed by atoms with van der Waals surface area (Å²) >= 11 is 1.54. The maximum absolute atomic E-state index is 13.4. The summed E-state index contributed by atoms with van der Waals surface area (Å²) in [6.07, 6.45) is 0.930. The number of hydrogen-bond acceptors (Lipinski definition) is 7. The zero-order chi connectivity index (χ0) is 23.1. The van der Waals surface area contributed by atoms with Crippen LogP contribution in [-0.4, -0.2) is 59.7 Å². The fourth-order valence-electron chi connectivity index (χ4n) is 4.42. The third-order valence-corrected chi connectivity index (χ3v) is 7.07. The average Bonchev–Trinajstić information content (AvgIpc) is 3.33. The fraction of sp³-hybridized carbons (Fsp3) is 0.240. The molecule has 1 atom stereocenters. The van der Waals surface area contributed by atoms with Crippen LogP contribution in [0, 0.1) is 5.82 Å². The van der Waals surface area contributed by atoms with Gasteiger partial charge in [0.15, 0.2) is 11.5 Å². The number of anilines is 1. The molecule has 4 aromatic rings. The van der Waals surface area contributed by atoms with E-state index in [9.17, 15) is 9.18 Å². The highest BCUT2D eigenvalue weighted by Gasteiger charge is 2.33. The van der Waals surface area contributed by atoms with Gasteiger partial charge in [0, 0.05) is 37.1 Å². The number of fused-ring (bicyclic) bond motifs is 2. The third kappa shape index (κ3) is 3.71. The molecule has 2 aromatic carbocycles. The van der Waals surface area contributed by atoms with Crippen molar-refractivity contribution in [2.24, 2.45) is 0 Å².